The topological polar surface area (TPSA) is 62.3 Å². The van der Waals surface area contributed by atoms with Crippen LogP contribution in [0.15, 0.2) is 23.6 Å². The van der Waals surface area contributed by atoms with Crippen molar-refractivity contribution in [2.24, 2.45) is 5.92 Å². The van der Waals surface area contributed by atoms with Gasteiger partial charge in [-0.05, 0) is 44.2 Å². The van der Waals surface area contributed by atoms with Gasteiger partial charge in [0.15, 0.2) is 5.13 Å². The standard InChI is InChI=1S/C21H25N3O2S/c1-14-8-9-18-16(11-14)7-4-10-24(18)19(25)12-17-13-27-21(22-17)23-20(26)15-5-2-3-6-15/h8-9,11,13,15H,2-7,10,12H2,1H3,(H,22,23,26). The van der Waals surface area contributed by atoms with Crippen LogP contribution in [0.1, 0.15) is 48.9 Å². The van der Waals surface area contributed by atoms with Crippen molar-refractivity contribution < 1.29 is 9.59 Å². The number of carbonyl (C=O) groups excluding carboxylic acids is 2. The SMILES string of the molecule is Cc1ccc2c(c1)CCCN2C(=O)Cc1csc(NC(=O)C2CCCC2)n1. The minimum atomic E-state index is 0.0683. The van der Waals surface area contributed by atoms with E-state index in [1.54, 1.807) is 0 Å². The van der Waals surface area contributed by atoms with Crippen molar-refractivity contribution in [1.82, 2.24) is 4.98 Å². The Morgan fingerprint density at radius 2 is 2.07 bits per heavy atom. The second-order valence-corrected chi connectivity index (χ2v) is 8.43. The van der Waals surface area contributed by atoms with Crippen LogP contribution < -0.4 is 10.2 Å². The maximum absolute atomic E-state index is 12.9. The molecule has 5 nitrogen and oxygen atoms in total. The van der Waals surface area contributed by atoms with Gasteiger partial charge in [-0.2, -0.15) is 0 Å². The highest BCUT2D eigenvalue weighted by Crippen LogP contribution is 2.29. The number of benzene rings is 1. The summed E-state index contributed by atoms with van der Waals surface area (Å²) in [7, 11) is 0. The van der Waals surface area contributed by atoms with Gasteiger partial charge in [0.25, 0.3) is 0 Å². The van der Waals surface area contributed by atoms with Crippen LogP contribution in [0.5, 0.6) is 0 Å². The maximum Gasteiger partial charge on any atom is 0.233 e. The van der Waals surface area contributed by atoms with E-state index in [9.17, 15) is 9.59 Å². The first kappa shape index (κ1) is 18.2. The van der Waals surface area contributed by atoms with Crippen LogP contribution in [0.2, 0.25) is 0 Å². The highest BCUT2D eigenvalue weighted by molar-refractivity contribution is 7.13. The van der Waals surface area contributed by atoms with Crippen LogP contribution >= 0.6 is 11.3 Å². The number of nitrogens with zero attached hydrogens (tertiary/aromatic N) is 2. The van der Waals surface area contributed by atoms with Gasteiger partial charge in [-0.3, -0.25) is 9.59 Å². The quantitative estimate of drug-likeness (QED) is 0.864. The summed E-state index contributed by atoms with van der Waals surface area (Å²) < 4.78 is 0. The molecule has 1 aliphatic carbocycles. The van der Waals surface area contributed by atoms with Gasteiger partial charge in [0.05, 0.1) is 12.1 Å². The lowest BCUT2D eigenvalue weighted by molar-refractivity contribution is -0.119. The molecule has 0 unspecified atom stereocenters. The molecule has 2 heterocycles. The first-order valence-corrected chi connectivity index (χ1v) is 10.6. The fourth-order valence-corrected chi connectivity index (χ4v) is 4.79. The van der Waals surface area contributed by atoms with Crippen LogP contribution in [0.4, 0.5) is 10.8 Å². The predicted molar refractivity (Wildman–Crippen MR) is 108 cm³/mol. The van der Waals surface area contributed by atoms with Crippen molar-refractivity contribution in [3.8, 4) is 0 Å². The molecule has 6 heteroatoms. The number of hydrogen-bond donors (Lipinski definition) is 1. The van der Waals surface area contributed by atoms with Gasteiger partial charge in [-0.15, -0.1) is 11.3 Å². The van der Waals surface area contributed by atoms with E-state index in [2.05, 4.69) is 35.4 Å². The molecule has 0 radical (unpaired) electrons. The third-order valence-corrected chi connectivity index (χ3v) is 6.30. The average Bonchev–Trinajstić information content (AvgIpc) is 3.33. The van der Waals surface area contributed by atoms with Crippen LogP contribution in [0.3, 0.4) is 0 Å². The minimum absolute atomic E-state index is 0.0683. The molecule has 2 aliphatic rings. The fourth-order valence-electron chi connectivity index (χ4n) is 4.08. The summed E-state index contributed by atoms with van der Waals surface area (Å²) in [5, 5.41) is 5.40. The Hall–Kier alpha value is -2.21. The molecule has 1 aromatic carbocycles. The minimum Gasteiger partial charge on any atom is -0.312 e. The summed E-state index contributed by atoms with van der Waals surface area (Å²) in [6.07, 6.45) is 6.48. The number of hydrogen-bond acceptors (Lipinski definition) is 4. The van der Waals surface area contributed by atoms with E-state index >= 15 is 0 Å². The van der Waals surface area contributed by atoms with E-state index in [0.29, 0.717) is 5.13 Å². The zero-order chi connectivity index (χ0) is 18.8. The first-order valence-electron chi connectivity index (χ1n) is 9.75. The predicted octanol–water partition coefficient (Wildman–Crippen LogP) is 4.10. The Kier molecular flexibility index (Phi) is 5.25. The number of aryl methyl sites for hydroxylation is 2. The van der Waals surface area contributed by atoms with Gasteiger partial charge < -0.3 is 10.2 Å². The normalized spacial score (nSPS) is 17.0. The van der Waals surface area contributed by atoms with Gasteiger partial charge >= 0.3 is 0 Å². The van der Waals surface area contributed by atoms with Gasteiger partial charge in [-0.25, -0.2) is 4.98 Å². The molecule has 0 bridgehead atoms. The maximum atomic E-state index is 12.9. The monoisotopic (exact) mass is 383 g/mol. The van der Waals surface area contributed by atoms with Crippen molar-refractivity contribution in [2.75, 3.05) is 16.8 Å². The van der Waals surface area contributed by atoms with E-state index in [0.717, 1.165) is 56.5 Å². The Balaban J connectivity index is 1.41. The second kappa shape index (κ2) is 7.80. The lowest BCUT2D eigenvalue weighted by atomic mass is 9.99. The van der Waals surface area contributed by atoms with Crippen molar-refractivity contribution >= 4 is 34.0 Å². The number of fused-ring (bicyclic) bond motifs is 1. The van der Waals surface area contributed by atoms with Gasteiger partial charge in [-0.1, -0.05) is 30.5 Å². The average molecular weight is 384 g/mol. The molecule has 1 aromatic heterocycles. The van der Waals surface area contributed by atoms with Gasteiger partial charge in [0, 0.05) is 23.5 Å². The van der Waals surface area contributed by atoms with E-state index < -0.39 is 0 Å². The summed E-state index contributed by atoms with van der Waals surface area (Å²) in [5.41, 5.74) is 4.23. The summed E-state index contributed by atoms with van der Waals surface area (Å²) in [5.74, 6) is 0.256. The zero-order valence-corrected chi connectivity index (χ0v) is 16.5. The Morgan fingerprint density at radius 1 is 1.26 bits per heavy atom. The van der Waals surface area contributed by atoms with Crippen LogP contribution in [-0.2, 0) is 22.4 Å². The Morgan fingerprint density at radius 3 is 2.89 bits per heavy atom. The molecular formula is C21H25N3O2S. The smallest absolute Gasteiger partial charge is 0.233 e. The van der Waals surface area contributed by atoms with Gasteiger partial charge in [0.1, 0.15) is 0 Å². The van der Waals surface area contributed by atoms with Crippen LogP contribution in [-0.4, -0.2) is 23.3 Å². The van der Waals surface area contributed by atoms with E-state index in [4.69, 9.17) is 0 Å². The summed E-state index contributed by atoms with van der Waals surface area (Å²) in [4.78, 5) is 31.4. The third kappa shape index (κ3) is 4.05. The molecular weight excluding hydrogens is 358 g/mol. The van der Waals surface area contributed by atoms with Crippen molar-refractivity contribution in [3.05, 3.63) is 40.4 Å². The number of rotatable bonds is 4. The fraction of sp³-hybridized carbons (Fsp3) is 0.476. The number of anilines is 2. The highest BCUT2D eigenvalue weighted by atomic mass is 32.1. The molecule has 1 fully saturated rings. The third-order valence-electron chi connectivity index (χ3n) is 5.49. The van der Waals surface area contributed by atoms with Gasteiger partial charge in [0.2, 0.25) is 11.8 Å². The number of amides is 2. The van der Waals surface area contributed by atoms with Crippen molar-refractivity contribution in [1.29, 1.82) is 0 Å². The summed E-state index contributed by atoms with van der Waals surface area (Å²) in [6, 6.07) is 6.29. The number of thiazole rings is 1. The summed E-state index contributed by atoms with van der Waals surface area (Å²) in [6.45, 7) is 2.84. The number of nitrogens with one attached hydrogen (secondary N) is 1. The molecule has 1 saturated carbocycles. The van der Waals surface area contributed by atoms with Crippen LogP contribution in [0.25, 0.3) is 0 Å². The molecule has 2 amide bonds. The molecule has 0 spiro atoms. The first-order chi connectivity index (χ1) is 13.1. The van der Waals surface area contributed by atoms with E-state index in [-0.39, 0.29) is 24.2 Å². The lowest BCUT2D eigenvalue weighted by Gasteiger charge is -2.29. The largest absolute Gasteiger partial charge is 0.312 e. The molecule has 0 saturated heterocycles. The molecule has 142 valence electrons. The summed E-state index contributed by atoms with van der Waals surface area (Å²) >= 11 is 1.40. The van der Waals surface area contributed by atoms with Crippen LogP contribution in [0, 0.1) is 12.8 Å². The van der Waals surface area contributed by atoms with E-state index in [1.807, 2.05) is 10.3 Å². The molecule has 0 atom stereocenters. The zero-order valence-electron chi connectivity index (χ0n) is 15.7. The Bertz CT molecular complexity index is 855. The second-order valence-electron chi connectivity index (χ2n) is 7.57. The highest BCUT2D eigenvalue weighted by Gasteiger charge is 2.25. The number of aromatic nitrogens is 1. The molecule has 2 aromatic rings. The number of carbonyl (C=O) groups is 2. The lowest BCUT2D eigenvalue weighted by Crippen LogP contribution is -2.36. The van der Waals surface area contributed by atoms with Crippen molar-refractivity contribution in [2.45, 2.75) is 51.9 Å². The molecule has 27 heavy (non-hydrogen) atoms. The van der Waals surface area contributed by atoms with E-state index in [1.165, 1.54) is 22.5 Å². The molecule has 1 N–H and O–H groups in total. The molecule has 1 aliphatic heterocycles. The van der Waals surface area contributed by atoms with Crippen molar-refractivity contribution in [3.63, 3.8) is 0 Å². The molecule has 4 rings (SSSR count). The Labute approximate surface area is 163 Å².